The van der Waals surface area contributed by atoms with Crippen LogP contribution in [0.3, 0.4) is 0 Å². The van der Waals surface area contributed by atoms with Gasteiger partial charge in [0.25, 0.3) is 11.7 Å². The normalized spacial score (nSPS) is 16.9. The number of rotatable bonds is 10. The van der Waals surface area contributed by atoms with Crippen LogP contribution in [0.2, 0.25) is 0 Å². The lowest BCUT2D eigenvalue weighted by Crippen LogP contribution is -2.33. The first-order chi connectivity index (χ1) is 17.8. The fraction of sp³-hybridized carbons (Fsp3) is 0.310. The van der Waals surface area contributed by atoms with Crippen LogP contribution in [0.15, 0.2) is 65.6 Å². The number of carbonyl (C=O) groups excluding carboxylic acids is 2. The zero-order valence-corrected chi connectivity index (χ0v) is 22.2. The number of carbonyl (C=O) groups is 2. The van der Waals surface area contributed by atoms with E-state index in [1.165, 1.54) is 16.2 Å². The van der Waals surface area contributed by atoms with Crippen molar-refractivity contribution in [2.75, 3.05) is 26.9 Å². The quantitative estimate of drug-likeness (QED) is 0.207. The largest absolute Gasteiger partial charge is 0.507 e. The van der Waals surface area contributed by atoms with Crippen molar-refractivity contribution in [2.45, 2.75) is 32.7 Å². The van der Waals surface area contributed by atoms with Crippen LogP contribution in [0.5, 0.6) is 17.2 Å². The minimum atomic E-state index is -0.708. The van der Waals surface area contributed by atoms with Gasteiger partial charge in [-0.05, 0) is 72.3 Å². The number of nitrogens with zero attached hydrogens (tertiary/aromatic N) is 1. The van der Waals surface area contributed by atoms with E-state index in [1.807, 2.05) is 44.4 Å². The van der Waals surface area contributed by atoms with E-state index in [2.05, 4.69) is 0 Å². The van der Waals surface area contributed by atoms with Gasteiger partial charge >= 0.3 is 0 Å². The van der Waals surface area contributed by atoms with Gasteiger partial charge in [0.1, 0.15) is 29.6 Å². The molecule has 0 bridgehead atoms. The van der Waals surface area contributed by atoms with Crippen LogP contribution in [-0.4, -0.2) is 48.6 Å². The lowest BCUT2D eigenvalue weighted by atomic mass is 9.95. The maximum Gasteiger partial charge on any atom is 0.295 e. The van der Waals surface area contributed by atoms with E-state index in [4.69, 9.17) is 14.2 Å². The zero-order chi connectivity index (χ0) is 26.5. The molecule has 1 aliphatic heterocycles. The van der Waals surface area contributed by atoms with Crippen LogP contribution >= 0.6 is 11.3 Å². The van der Waals surface area contributed by atoms with Crippen molar-refractivity contribution >= 4 is 28.8 Å². The Balaban J connectivity index is 1.66. The Morgan fingerprint density at radius 1 is 1.05 bits per heavy atom. The highest BCUT2D eigenvalue weighted by atomic mass is 32.1. The summed E-state index contributed by atoms with van der Waals surface area (Å²) in [5, 5.41) is 13.3. The number of hydrogen-bond acceptors (Lipinski definition) is 7. The molecule has 1 saturated heterocycles. The zero-order valence-electron chi connectivity index (χ0n) is 21.4. The second-order valence-electron chi connectivity index (χ2n) is 8.87. The van der Waals surface area contributed by atoms with Crippen molar-refractivity contribution < 1.29 is 28.9 Å². The van der Waals surface area contributed by atoms with Gasteiger partial charge in [-0.2, -0.15) is 0 Å². The van der Waals surface area contributed by atoms with Crippen molar-refractivity contribution in [3.8, 4) is 17.2 Å². The number of ketones is 1. The molecule has 1 aliphatic rings. The van der Waals surface area contributed by atoms with Crippen molar-refractivity contribution in [1.82, 2.24) is 4.90 Å². The number of hydrogen-bond donors (Lipinski definition) is 1. The first-order valence-electron chi connectivity index (χ1n) is 12.2. The molecule has 37 heavy (non-hydrogen) atoms. The van der Waals surface area contributed by atoms with Crippen molar-refractivity contribution in [3.05, 3.63) is 81.6 Å². The van der Waals surface area contributed by atoms with Gasteiger partial charge in [-0.1, -0.05) is 19.9 Å². The van der Waals surface area contributed by atoms with E-state index in [0.29, 0.717) is 23.7 Å². The SMILES string of the molecule is CCOc1ccc(/C(O)=C2/C(=O)C(=O)N(CCOc3ccc(OC)cc3)C2c2cccs2)cc1C(C)C. The molecule has 2 heterocycles. The van der Waals surface area contributed by atoms with Crippen molar-refractivity contribution in [1.29, 1.82) is 0 Å². The van der Waals surface area contributed by atoms with Crippen LogP contribution in [0, 0.1) is 0 Å². The average Bonchev–Trinajstić information content (AvgIpc) is 3.52. The predicted molar refractivity (Wildman–Crippen MR) is 144 cm³/mol. The minimum Gasteiger partial charge on any atom is -0.507 e. The lowest BCUT2D eigenvalue weighted by molar-refractivity contribution is -0.140. The van der Waals surface area contributed by atoms with Gasteiger partial charge in [-0.25, -0.2) is 0 Å². The van der Waals surface area contributed by atoms with E-state index in [1.54, 1.807) is 43.5 Å². The standard InChI is InChI=1S/C29H31NO6S/c1-5-35-23-13-8-19(17-22(23)18(2)3)27(31)25-26(24-7-6-16-37-24)30(29(33)28(25)32)14-15-36-21-11-9-20(34-4)10-12-21/h6-13,16-18,26,31H,5,14-15H2,1-4H3/b27-25-. The Kier molecular flexibility index (Phi) is 8.18. The molecule has 1 amide bonds. The van der Waals surface area contributed by atoms with Gasteiger partial charge in [-0.15, -0.1) is 11.3 Å². The lowest BCUT2D eigenvalue weighted by Gasteiger charge is -2.24. The fourth-order valence-corrected chi connectivity index (χ4v) is 5.22. The molecule has 7 nitrogen and oxygen atoms in total. The molecule has 1 aromatic heterocycles. The molecule has 8 heteroatoms. The van der Waals surface area contributed by atoms with Crippen LogP contribution in [-0.2, 0) is 9.59 Å². The Bertz CT molecular complexity index is 1280. The number of ether oxygens (including phenoxy) is 3. The molecule has 4 rings (SSSR count). The second kappa shape index (κ2) is 11.5. The number of benzene rings is 2. The van der Waals surface area contributed by atoms with Gasteiger partial charge in [0.2, 0.25) is 0 Å². The topological polar surface area (TPSA) is 85.3 Å². The van der Waals surface area contributed by atoms with Gasteiger partial charge in [-0.3, -0.25) is 9.59 Å². The fourth-order valence-electron chi connectivity index (χ4n) is 4.38. The first kappa shape index (κ1) is 26.3. The van der Waals surface area contributed by atoms with E-state index in [0.717, 1.165) is 16.2 Å². The van der Waals surface area contributed by atoms with E-state index in [9.17, 15) is 14.7 Å². The molecule has 0 aliphatic carbocycles. The van der Waals surface area contributed by atoms with E-state index < -0.39 is 17.7 Å². The summed E-state index contributed by atoms with van der Waals surface area (Å²) in [6, 6.07) is 15.5. The summed E-state index contributed by atoms with van der Waals surface area (Å²) in [6.07, 6.45) is 0. The third-order valence-electron chi connectivity index (χ3n) is 6.22. The van der Waals surface area contributed by atoms with Crippen LogP contribution in [0.25, 0.3) is 5.76 Å². The minimum absolute atomic E-state index is 0.0794. The summed E-state index contributed by atoms with van der Waals surface area (Å²) >= 11 is 1.43. The number of likely N-dealkylation sites (tertiary alicyclic amines) is 1. The van der Waals surface area contributed by atoms with E-state index in [-0.39, 0.29) is 30.4 Å². The average molecular weight is 522 g/mol. The molecule has 1 N–H and O–H groups in total. The highest BCUT2D eigenvalue weighted by molar-refractivity contribution is 7.10. The summed E-state index contributed by atoms with van der Waals surface area (Å²) in [5.41, 5.74) is 1.47. The molecule has 194 valence electrons. The maximum absolute atomic E-state index is 13.2. The van der Waals surface area contributed by atoms with Crippen molar-refractivity contribution in [2.24, 2.45) is 0 Å². The first-order valence-corrected chi connectivity index (χ1v) is 13.1. The number of thiophene rings is 1. The van der Waals surface area contributed by atoms with Crippen LogP contribution < -0.4 is 14.2 Å². The molecule has 2 aromatic carbocycles. The van der Waals surface area contributed by atoms with Crippen LogP contribution in [0.1, 0.15) is 48.7 Å². The van der Waals surface area contributed by atoms with Gasteiger partial charge in [0.05, 0.1) is 31.9 Å². The molecular weight excluding hydrogens is 490 g/mol. The van der Waals surface area contributed by atoms with Gasteiger partial charge < -0.3 is 24.2 Å². The Morgan fingerprint density at radius 2 is 1.78 bits per heavy atom. The molecular formula is C29H31NO6S. The third-order valence-corrected chi connectivity index (χ3v) is 7.14. The molecule has 0 saturated carbocycles. The molecule has 1 unspecified atom stereocenters. The Hall–Kier alpha value is -3.78. The summed E-state index contributed by atoms with van der Waals surface area (Å²) in [7, 11) is 1.59. The maximum atomic E-state index is 13.2. The summed E-state index contributed by atoms with van der Waals surface area (Å²) in [5.74, 6) is 0.653. The predicted octanol–water partition coefficient (Wildman–Crippen LogP) is 5.78. The van der Waals surface area contributed by atoms with Gasteiger partial charge in [0.15, 0.2) is 0 Å². The summed E-state index contributed by atoms with van der Waals surface area (Å²) < 4.78 is 16.7. The van der Waals surface area contributed by atoms with Crippen molar-refractivity contribution in [3.63, 3.8) is 0 Å². The molecule has 1 fully saturated rings. The monoisotopic (exact) mass is 521 g/mol. The molecule has 0 radical (unpaired) electrons. The number of methoxy groups -OCH3 is 1. The number of aliphatic hydroxyl groups excluding tert-OH is 1. The molecule has 0 spiro atoms. The molecule has 1 atom stereocenters. The molecule has 3 aromatic rings. The third kappa shape index (κ3) is 5.49. The Labute approximate surface area is 220 Å². The van der Waals surface area contributed by atoms with Gasteiger partial charge in [0, 0.05) is 10.4 Å². The number of Topliss-reactive ketones (excluding diaryl/α,β-unsaturated/α-hetero) is 1. The number of aliphatic hydroxyl groups is 1. The highest BCUT2D eigenvalue weighted by Gasteiger charge is 2.46. The smallest absolute Gasteiger partial charge is 0.295 e. The Morgan fingerprint density at radius 3 is 2.41 bits per heavy atom. The number of amides is 1. The second-order valence-corrected chi connectivity index (χ2v) is 9.85. The van der Waals surface area contributed by atoms with Crippen LogP contribution in [0.4, 0.5) is 0 Å². The summed E-state index contributed by atoms with van der Waals surface area (Å²) in [6.45, 7) is 6.87. The van der Waals surface area contributed by atoms with E-state index >= 15 is 0 Å². The summed E-state index contributed by atoms with van der Waals surface area (Å²) in [4.78, 5) is 28.7. The highest BCUT2D eigenvalue weighted by Crippen LogP contribution is 2.41.